The predicted molar refractivity (Wildman–Crippen MR) is 76.3 cm³/mol. The van der Waals surface area contributed by atoms with E-state index >= 15 is 0 Å². The quantitative estimate of drug-likeness (QED) is 0.816. The summed E-state index contributed by atoms with van der Waals surface area (Å²) in [5, 5.41) is 0. The highest BCUT2D eigenvalue weighted by Crippen LogP contribution is 2.47. The molecule has 1 aliphatic heterocycles. The summed E-state index contributed by atoms with van der Waals surface area (Å²) in [6, 6.07) is 8.87. The Morgan fingerprint density at radius 2 is 1.95 bits per heavy atom. The standard InChI is InChI=1S/C17H24O2/c1-2-7-14-8-3-4-9-15(14)16-10-5-6-11-17(16)18-12-13-19-17/h3-4,8-9,16H,2,5-7,10-13H2,1H3/t16-/m1/s1. The normalized spacial score (nSPS) is 25.8. The SMILES string of the molecule is CCCc1ccccc1[C@H]1CCCCC12OCCO2. The smallest absolute Gasteiger partial charge is 0.175 e. The van der Waals surface area contributed by atoms with E-state index in [9.17, 15) is 0 Å². The first kappa shape index (κ1) is 13.1. The molecule has 2 nitrogen and oxygen atoms in total. The van der Waals surface area contributed by atoms with E-state index in [-0.39, 0.29) is 5.79 Å². The van der Waals surface area contributed by atoms with Crippen molar-refractivity contribution in [1.82, 2.24) is 0 Å². The highest BCUT2D eigenvalue weighted by molar-refractivity contribution is 5.33. The van der Waals surface area contributed by atoms with Gasteiger partial charge in [-0.15, -0.1) is 0 Å². The van der Waals surface area contributed by atoms with Gasteiger partial charge in [-0.05, 0) is 30.4 Å². The van der Waals surface area contributed by atoms with Crippen LogP contribution in [-0.2, 0) is 15.9 Å². The first-order valence-electron chi connectivity index (χ1n) is 7.71. The van der Waals surface area contributed by atoms with Crippen molar-refractivity contribution in [3.63, 3.8) is 0 Å². The van der Waals surface area contributed by atoms with Crippen molar-refractivity contribution in [3.8, 4) is 0 Å². The lowest BCUT2D eigenvalue weighted by Crippen LogP contribution is -2.40. The van der Waals surface area contributed by atoms with Crippen LogP contribution in [-0.4, -0.2) is 19.0 Å². The Morgan fingerprint density at radius 3 is 2.74 bits per heavy atom. The number of hydrogen-bond acceptors (Lipinski definition) is 2. The van der Waals surface area contributed by atoms with Crippen LogP contribution >= 0.6 is 0 Å². The molecule has 1 aromatic carbocycles. The van der Waals surface area contributed by atoms with Crippen LogP contribution in [0.25, 0.3) is 0 Å². The van der Waals surface area contributed by atoms with Gasteiger partial charge in [-0.1, -0.05) is 44.0 Å². The van der Waals surface area contributed by atoms with Crippen LogP contribution in [0.5, 0.6) is 0 Å². The minimum absolute atomic E-state index is 0.317. The summed E-state index contributed by atoms with van der Waals surface area (Å²) in [6.07, 6.45) is 7.12. The molecule has 0 N–H and O–H groups in total. The minimum Gasteiger partial charge on any atom is -0.347 e. The molecule has 1 aromatic rings. The largest absolute Gasteiger partial charge is 0.347 e. The molecule has 0 amide bonds. The number of rotatable bonds is 3. The summed E-state index contributed by atoms with van der Waals surface area (Å²) in [7, 11) is 0. The van der Waals surface area contributed by atoms with E-state index < -0.39 is 0 Å². The molecule has 1 spiro atoms. The molecule has 1 heterocycles. The fourth-order valence-electron chi connectivity index (χ4n) is 3.69. The van der Waals surface area contributed by atoms with Gasteiger partial charge in [-0.25, -0.2) is 0 Å². The number of ether oxygens (including phenoxy) is 2. The summed E-state index contributed by atoms with van der Waals surface area (Å²) >= 11 is 0. The fourth-order valence-corrected chi connectivity index (χ4v) is 3.69. The molecule has 0 unspecified atom stereocenters. The highest BCUT2D eigenvalue weighted by Gasteiger charge is 2.46. The summed E-state index contributed by atoms with van der Waals surface area (Å²) in [4.78, 5) is 0. The van der Waals surface area contributed by atoms with Gasteiger partial charge < -0.3 is 9.47 Å². The number of benzene rings is 1. The van der Waals surface area contributed by atoms with Gasteiger partial charge in [0.15, 0.2) is 5.79 Å². The average Bonchev–Trinajstić information content (AvgIpc) is 2.90. The molecule has 1 saturated heterocycles. The van der Waals surface area contributed by atoms with Gasteiger partial charge in [0, 0.05) is 12.3 Å². The lowest BCUT2D eigenvalue weighted by molar-refractivity contribution is -0.191. The zero-order chi connectivity index (χ0) is 13.1. The van der Waals surface area contributed by atoms with E-state index in [2.05, 4.69) is 31.2 Å². The molecule has 19 heavy (non-hydrogen) atoms. The van der Waals surface area contributed by atoms with Crippen molar-refractivity contribution < 1.29 is 9.47 Å². The third kappa shape index (κ3) is 2.44. The zero-order valence-electron chi connectivity index (χ0n) is 11.9. The Morgan fingerprint density at radius 1 is 1.16 bits per heavy atom. The van der Waals surface area contributed by atoms with E-state index in [0.717, 1.165) is 26.1 Å². The molecular formula is C17H24O2. The van der Waals surface area contributed by atoms with Gasteiger partial charge in [0.25, 0.3) is 0 Å². The van der Waals surface area contributed by atoms with E-state index in [1.165, 1.54) is 36.8 Å². The van der Waals surface area contributed by atoms with Crippen molar-refractivity contribution in [2.75, 3.05) is 13.2 Å². The Hall–Kier alpha value is -0.860. The second kappa shape index (κ2) is 5.64. The molecule has 0 bridgehead atoms. The van der Waals surface area contributed by atoms with Crippen molar-refractivity contribution in [1.29, 1.82) is 0 Å². The second-order valence-corrected chi connectivity index (χ2v) is 5.76. The van der Waals surface area contributed by atoms with Gasteiger partial charge >= 0.3 is 0 Å². The molecule has 2 aliphatic rings. The average molecular weight is 260 g/mol. The molecule has 3 rings (SSSR count). The van der Waals surface area contributed by atoms with E-state index in [4.69, 9.17) is 9.47 Å². The molecule has 2 fully saturated rings. The molecule has 1 aliphatic carbocycles. The first-order valence-corrected chi connectivity index (χ1v) is 7.71. The van der Waals surface area contributed by atoms with Crippen molar-refractivity contribution in [3.05, 3.63) is 35.4 Å². The Balaban J connectivity index is 1.94. The molecule has 2 heteroatoms. The van der Waals surface area contributed by atoms with Gasteiger partial charge in [0.2, 0.25) is 0 Å². The minimum atomic E-state index is -0.317. The number of hydrogen-bond donors (Lipinski definition) is 0. The van der Waals surface area contributed by atoms with Crippen LogP contribution in [0, 0.1) is 0 Å². The third-order valence-electron chi connectivity index (χ3n) is 4.52. The second-order valence-electron chi connectivity index (χ2n) is 5.76. The van der Waals surface area contributed by atoms with Crippen LogP contribution in [0.3, 0.4) is 0 Å². The van der Waals surface area contributed by atoms with Crippen molar-refractivity contribution >= 4 is 0 Å². The maximum absolute atomic E-state index is 6.06. The molecule has 1 saturated carbocycles. The lowest BCUT2D eigenvalue weighted by Gasteiger charge is -2.40. The Kier molecular flexibility index (Phi) is 3.90. The van der Waals surface area contributed by atoms with Crippen molar-refractivity contribution in [2.24, 2.45) is 0 Å². The molecule has 0 radical (unpaired) electrons. The van der Waals surface area contributed by atoms with E-state index in [1.807, 2.05) is 0 Å². The molecule has 104 valence electrons. The highest BCUT2D eigenvalue weighted by atomic mass is 16.7. The number of aryl methyl sites for hydroxylation is 1. The van der Waals surface area contributed by atoms with Gasteiger partial charge in [0.05, 0.1) is 13.2 Å². The van der Waals surface area contributed by atoms with Crippen LogP contribution in [0.2, 0.25) is 0 Å². The summed E-state index contributed by atoms with van der Waals surface area (Å²) in [6.45, 7) is 3.76. The van der Waals surface area contributed by atoms with Gasteiger partial charge in [0.1, 0.15) is 0 Å². The molecular weight excluding hydrogens is 236 g/mol. The zero-order valence-corrected chi connectivity index (χ0v) is 11.9. The summed E-state index contributed by atoms with van der Waals surface area (Å²) in [5.41, 5.74) is 2.95. The maximum Gasteiger partial charge on any atom is 0.175 e. The monoisotopic (exact) mass is 260 g/mol. The summed E-state index contributed by atoms with van der Waals surface area (Å²) < 4.78 is 12.1. The van der Waals surface area contributed by atoms with Crippen LogP contribution < -0.4 is 0 Å². The van der Waals surface area contributed by atoms with Crippen molar-refractivity contribution in [2.45, 2.75) is 57.2 Å². The van der Waals surface area contributed by atoms with Crippen LogP contribution in [0.4, 0.5) is 0 Å². The first-order chi connectivity index (χ1) is 9.36. The van der Waals surface area contributed by atoms with Crippen LogP contribution in [0.1, 0.15) is 56.1 Å². The van der Waals surface area contributed by atoms with Gasteiger partial charge in [-0.2, -0.15) is 0 Å². The maximum atomic E-state index is 6.06. The predicted octanol–water partition coefficient (Wildman–Crippen LogP) is 4.04. The topological polar surface area (TPSA) is 18.5 Å². The van der Waals surface area contributed by atoms with E-state index in [1.54, 1.807) is 0 Å². The third-order valence-corrected chi connectivity index (χ3v) is 4.52. The fraction of sp³-hybridized carbons (Fsp3) is 0.647. The summed E-state index contributed by atoms with van der Waals surface area (Å²) in [5.74, 6) is 0.105. The Bertz CT molecular complexity index is 421. The van der Waals surface area contributed by atoms with E-state index in [0.29, 0.717) is 5.92 Å². The Labute approximate surface area is 116 Å². The lowest BCUT2D eigenvalue weighted by atomic mass is 9.77. The van der Waals surface area contributed by atoms with Gasteiger partial charge in [-0.3, -0.25) is 0 Å². The molecule has 1 atom stereocenters. The molecule has 0 aromatic heterocycles. The van der Waals surface area contributed by atoms with Crippen LogP contribution in [0.15, 0.2) is 24.3 Å².